The molecule has 0 aliphatic rings. The van der Waals surface area contributed by atoms with E-state index in [1.165, 1.54) is 0 Å². The molecule has 25 heavy (non-hydrogen) atoms. The molecule has 172 valence electrons. The first-order valence-electron chi connectivity index (χ1n) is 5.55. The summed E-state index contributed by atoms with van der Waals surface area (Å²) in [5.74, 6) is 0. The lowest BCUT2D eigenvalue weighted by Crippen LogP contribution is -2.05. The van der Waals surface area contributed by atoms with Crippen molar-refractivity contribution in [3.63, 3.8) is 0 Å². The quantitative estimate of drug-likeness (QED) is 0.323. The Morgan fingerprint density at radius 1 is 0.360 bits per heavy atom. The van der Waals surface area contributed by atoms with Crippen LogP contribution in [0.2, 0.25) is 0 Å². The Hall–Kier alpha value is -0.160. The molecular weight excluding hydrogens is 316 g/mol. The molecule has 0 amide bonds. The first kappa shape index (κ1) is 73.7. The number of rotatable bonds is 12. The molecule has 0 aliphatic heterocycles. The highest BCUT2D eigenvalue weighted by Gasteiger charge is 1.91. The molecule has 0 N–H and O–H groups in total. The average molecular weight is 381 g/mol. The summed E-state index contributed by atoms with van der Waals surface area (Å²) in [4.78, 5) is 0. The molecule has 0 aliphatic carbocycles. The molecule has 0 atom stereocenters. The van der Waals surface area contributed by atoms with Crippen molar-refractivity contribution in [2.45, 2.75) is 93.5 Å². The normalized spacial score (nSPS) is 6.48. The summed E-state index contributed by atoms with van der Waals surface area (Å²) in [6, 6.07) is 0. The minimum Gasteiger partial charge on any atom is -0.385 e. The van der Waals surface area contributed by atoms with Crippen molar-refractivity contribution in [3.8, 4) is 0 Å². The molecule has 0 radical (unpaired) electrons. The van der Waals surface area contributed by atoms with Gasteiger partial charge in [-0.05, 0) is 19.3 Å². The highest BCUT2D eigenvalue weighted by molar-refractivity contribution is 4.39. The van der Waals surface area contributed by atoms with Gasteiger partial charge in [-0.25, -0.2) is 0 Å². The minimum atomic E-state index is 0. The monoisotopic (exact) mass is 380 g/mol. The Labute approximate surface area is 167 Å². The molecule has 0 rings (SSSR count). The van der Waals surface area contributed by atoms with Crippen LogP contribution in [0.4, 0.5) is 0 Å². The van der Waals surface area contributed by atoms with Crippen LogP contribution in [0.15, 0.2) is 0 Å². The summed E-state index contributed by atoms with van der Waals surface area (Å²) in [6.07, 6.45) is 3.08. The van der Waals surface area contributed by atoms with Crippen LogP contribution in [0.5, 0.6) is 0 Å². The lowest BCUT2D eigenvalue weighted by molar-refractivity contribution is 0.0606. The summed E-state index contributed by atoms with van der Waals surface area (Å²) in [7, 11) is 3.38. The van der Waals surface area contributed by atoms with Gasteiger partial charge in [0.2, 0.25) is 0 Å². The number of hydrogen-bond acceptors (Lipinski definition) is 4. The lowest BCUT2D eigenvalue weighted by atomic mass is 10.3. The zero-order valence-corrected chi connectivity index (χ0v) is 10.00. The Kier molecular flexibility index (Phi) is 222. The highest BCUT2D eigenvalue weighted by Crippen LogP contribution is 1.92. The van der Waals surface area contributed by atoms with Crippen molar-refractivity contribution < 1.29 is 18.9 Å². The number of unbranched alkanes of at least 4 members (excludes halogenated alkanes) is 1. The van der Waals surface area contributed by atoms with E-state index in [1.54, 1.807) is 14.2 Å². The number of ether oxygens (including phenoxy) is 4. The molecule has 4 nitrogen and oxygen atoms in total. The summed E-state index contributed by atoms with van der Waals surface area (Å²) in [6.45, 7) is 4.54. The molecule has 0 spiro atoms. The third-order valence-corrected chi connectivity index (χ3v) is 1.90. The fourth-order valence-corrected chi connectivity index (χ4v) is 1.06. The van der Waals surface area contributed by atoms with Gasteiger partial charge in [0, 0.05) is 40.6 Å². The number of methoxy groups -OCH3 is 2. The van der Waals surface area contributed by atoms with Crippen molar-refractivity contribution in [2.24, 2.45) is 0 Å². The fraction of sp³-hybridized carbons (Fsp3) is 1.00. The molecule has 0 aromatic carbocycles. The van der Waals surface area contributed by atoms with E-state index in [9.17, 15) is 0 Å². The molecule has 0 saturated carbocycles. The average Bonchev–Trinajstić information content (AvgIpc) is 2.26. The summed E-state index contributed by atoms with van der Waals surface area (Å²) >= 11 is 0. The molecule has 0 aromatic heterocycles. The van der Waals surface area contributed by atoms with Crippen molar-refractivity contribution in [1.29, 1.82) is 0 Å². The summed E-state index contributed by atoms with van der Waals surface area (Å²) < 4.78 is 20.5. The first-order chi connectivity index (χ1) is 7.41. The van der Waals surface area contributed by atoms with Crippen LogP contribution in [-0.2, 0) is 18.9 Å². The van der Waals surface area contributed by atoms with E-state index in [2.05, 4.69) is 0 Å². The largest absolute Gasteiger partial charge is 0.385 e. The highest BCUT2D eigenvalue weighted by atomic mass is 16.5. The first-order valence-corrected chi connectivity index (χ1v) is 5.55. The molecule has 4 heteroatoms. The van der Waals surface area contributed by atoms with Crippen LogP contribution in [-0.4, -0.2) is 53.9 Å². The summed E-state index contributed by atoms with van der Waals surface area (Å²) in [5, 5.41) is 0. The lowest BCUT2D eigenvalue weighted by Gasteiger charge is -2.04. The Morgan fingerprint density at radius 3 is 1.04 bits per heavy atom. The topological polar surface area (TPSA) is 36.9 Å². The van der Waals surface area contributed by atoms with E-state index < -0.39 is 0 Å². The van der Waals surface area contributed by atoms with E-state index in [0.29, 0.717) is 13.2 Å². The van der Waals surface area contributed by atoms with Crippen LogP contribution >= 0.6 is 0 Å². The van der Waals surface area contributed by atoms with Gasteiger partial charge in [0.15, 0.2) is 0 Å². The van der Waals surface area contributed by atoms with Crippen LogP contribution in [0.25, 0.3) is 0 Å². The van der Waals surface area contributed by atoms with Gasteiger partial charge >= 0.3 is 0 Å². The SMILES string of the molecule is C.C.C.C.C.C.C.C.C.C.COCCCOCCCCOCCOC. The maximum absolute atomic E-state index is 5.40. The second-order valence-electron chi connectivity index (χ2n) is 3.27. The van der Waals surface area contributed by atoms with Crippen LogP contribution < -0.4 is 0 Å². The second kappa shape index (κ2) is 75.4. The molecule has 0 saturated heterocycles. The second-order valence-corrected chi connectivity index (χ2v) is 3.27. The van der Waals surface area contributed by atoms with Gasteiger partial charge in [-0.15, -0.1) is 0 Å². The number of hydrogen-bond donors (Lipinski definition) is 0. The van der Waals surface area contributed by atoms with Gasteiger partial charge in [0.05, 0.1) is 13.2 Å². The van der Waals surface area contributed by atoms with Crippen molar-refractivity contribution in [1.82, 2.24) is 0 Å². The molecule has 0 fully saturated rings. The maximum Gasteiger partial charge on any atom is 0.0700 e. The van der Waals surface area contributed by atoms with Gasteiger partial charge in [-0.1, -0.05) is 74.3 Å². The fourth-order valence-electron chi connectivity index (χ4n) is 1.06. The summed E-state index contributed by atoms with van der Waals surface area (Å²) in [5.41, 5.74) is 0. The van der Waals surface area contributed by atoms with E-state index in [1.807, 2.05) is 0 Å². The molecule has 0 unspecified atom stereocenters. The third kappa shape index (κ3) is 81.1. The van der Waals surface area contributed by atoms with Crippen molar-refractivity contribution in [2.75, 3.05) is 53.9 Å². The Bertz CT molecular complexity index is 100. The zero-order valence-electron chi connectivity index (χ0n) is 10.00. The molecular formula is C21H64O4. The van der Waals surface area contributed by atoms with Crippen LogP contribution in [0.1, 0.15) is 93.5 Å². The molecule has 0 aromatic rings. The molecule has 0 heterocycles. The third-order valence-electron chi connectivity index (χ3n) is 1.90. The molecule has 0 bridgehead atoms. The standard InChI is InChI=1S/C11H24O4.10CH4/c1-12-6-5-9-14-7-3-4-8-15-11-10-13-2;;;;;;;;;;/h3-11H2,1-2H3;10*1H4. The van der Waals surface area contributed by atoms with E-state index in [4.69, 9.17) is 18.9 Å². The minimum absolute atomic E-state index is 0. The Balaban J connectivity index is -0.0000000218. The predicted octanol–water partition coefficient (Wildman–Crippen LogP) is 7.84. The zero-order chi connectivity index (χ0) is 11.2. The predicted molar refractivity (Wildman–Crippen MR) is 127 cm³/mol. The van der Waals surface area contributed by atoms with Crippen LogP contribution in [0.3, 0.4) is 0 Å². The van der Waals surface area contributed by atoms with Gasteiger partial charge in [0.25, 0.3) is 0 Å². The Morgan fingerprint density at radius 2 is 0.680 bits per heavy atom. The van der Waals surface area contributed by atoms with Crippen molar-refractivity contribution >= 4 is 0 Å². The van der Waals surface area contributed by atoms with Gasteiger partial charge in [0.1, 0.15) is 0 Å². The van der Waals surface area contributed by atoms with Gasteiger partial charge < -0.3 is 18.9 Å². The van der Waals surface area contributed by atoms with Crippen molar-refractivity contribution in [3.05, 3.63) is 0 Å². The van der Waals surface area contributed by atoms with E-state index >= 15 is 0 Å². The van der Waals surface area contributed by atoms with Gasteiger partial charge in [-0.3, -0.25) is 0 Å². The smallest absolute Gasteiger partial charge is 0.0700 e. The van der Waals surface area contributed by atoms with Gasteiger partial charge in [-0.2, -0.15) is 0 Å². The maximum atomic E-state index is 5.40. The van der Waals surface area contributed by atoms with Crippen LogP contribution in [0, 0.1) is 0 Å². The van der Waals surface area contributed by atoms with E-state index in [-0.39, 0.29) is 74.3 Å². The van der Waals surface area contributed by atoms with E-state index in [0.717, 1.165) is 45.7 Å².